The highest BCUT2D eigenvalue weighted by atomic mass is 16.6. The lowest BCUT2D eigenvalue weighted by Gasteiger charge is -2.42. The molecule has 2 rings (SSSR count). The number of aliphatic hydroxyl groups is 1. The number of carbonyl (C=O) groups is 1. The van der Waals surface area contributed by atoms with Crippen molar-refractivity contribution in [2.45, 2.75) is 31.9 Å². The molecule has 7 heteroatoms. The molecular weight excluding hydrogens is 296 g/mol. The minimum absolute atomic E-state index is 0.0944. The molecule has 23 heavy (non-hydrogen) atoms. The molecule has 4 N–H and O–H groups in total. The number of aromatic nitrogens is 1. The number of pyridine rings is 1. The number of amides is 1. The van der Waals surface area contributed by atoms with Crippen LogP contribution >= 0.6 is 0 Å². The fourth-order valence-electron chi connectivity index (χ4n) is 2.06. The number of hydrogen-bond acceptors (Lipinski definition) is 6. The first-order chi connectivity index (χ1) is 10.8. The van der Waals surface area contributed by atoms with Crippen molar-refractivity contribution < 1.29 is 14.6 Å². The Balaban J connectivity index is 0.000000366. The topological polar surface area (TPSA) is 101 Å². The number of nitrogens with one attached hydrogen (secondary N) is 1. The minimum atomic E-state index is -0.602. The van der Waals surface area contributed by atoms with Gasteiger partial charge in [0.15, 0.2) is 0 Å². The molecule has 130 valence electrons. The molecule has 7 nitrogen and oxygen atoms in total. The van der Waals surface area contributed by atoms with E-state index in [9.17, 15) is 9.90 Å². The summed E-state index contributed by atoms with van der Waals surface area (Å²) in [7, 11) is 0. The summed E-state index contributed by atoms with van der Waals surface area (Å²) in [5.41, 5.74) is 4.53. The third-order valence-electron chi connectivity index (χ3n) is 3.29. The predicted molar refractivity (Wildman–Crippen MR) is 88.9 cm³/mol. The summed E-state index contributed by atoms with van der Waals surface area (Å²) >= 11 is 0. The number of hydrogen-bond donors (Lipinski definition) is 3. The molecule has 1 amide bonds. The van der Waals surface area contributed by atoms with Gasteiger partial charge in [0.2, 0.25) is 0 Å². The second-order valence-electron chi connectivity index (χ2n) is 6.50. The summed E-state index contributed by atoms with van der Waals surface area (Å²) in [6.45, 7) is 7.22. The van der Waals surface area contributed by atoms with E-state index in [4.69, 9.17) is 10.5 Å². The Labute approximate surface area is 137 Å². The number of nitrogens with two attached hydrogens (primary N) is 1. The maximum Gasteiger partial charge on any atom is 0.410 e. The molecule has 1 unspecified atom stereocenters. The van der Waals surface area contributed by atoms with Crippen LogP contribution in [-0.2, 0) is 4.74 Å². The van der Waals surface area contributed by atoms with E-state index in [2.05, 4.69) is 10.3 Å². The highest BCUT2D eigenvalue weighted by Crippen LogP contribution is 2.15. The summed E-state index contributed by atoms with van der Waals surface area (Å²) in [5.74, 6) is 0. The van der Waals surface area contributed by atoms with E-state index in [0.717, 1.165) is 0 Å². The first kappa shape index (κ1) is 19.3. The van der Waals surface area contributed by atoms with Gasteiger partial charge < -0.3 is 25.8 Å². The van der Waals surface area contributed by atoms with Crippen molar-refractivity contribution in [3.05, 3.63) is 30.6 Å². The summed E-state index contributed by atoms with van der Waals surface area (Å²) in [4.78, 5) is 17.3. The molecule has 0 saturated carbocycles. The van der Waals surface area contributed by atoms with Crippen LogP contribution < -0.4 is 11.1 Å². The zero-order chi connectivity index (χ0) is 17.3. The molecule has 1 saturated heterocycles. The molecule has 1 aromatic heterocycles. The molecular formula is C16H28N4O3. The van der Waals surface area contributed by atoms with Crippen molar-refractivity contribution in [1.82, 2.24) is 15.2 Å². The molecule has 1 aromatic rings. The van der Waals surface area contributed by atoms with Gasteiger partial charge >= 0.3 is 6.09 Å². The van der Waals surface area contributed by atoms with Crippen LogP contribution in [0.4, 0.5) is 4.79 Å². The van der Waals surface area contributed by atoms with Crippen LogP contribution in [-0.4, -0.2) is 65.0 Å². The molecule has 1 aliphatic rings. The maximum absolute atomic E-state index is 11.9. The normalized spacial score (nSPS) is 21.2. The van der Waals surface area contributed by atoms with E-state index >= 15 is 0 Å². The van der Waals surface area contributed by atoms with E-state index in [1.165, 1.54) is 0 Å². The van der Waals surface area contributed by atoms with Gasteiger partial charge in [-0.2, -0.15) is 0 Å². The summed E-state index contributed by atoms with van der Waals surface area (Å²) in [6, 6.07) is 5.72. The van der Waals surface area contributed by atoms with Gasteiger partial charge in [0, 0.05) is 38.6 Å². The van der Waals surface area contributed by atoms with Crippen LogP contribution in [0.3, 0.4) is 0 Å². The Morgan fingerprint density at radius 1 is 1.39 bits per heavy atom. The quantitative estimate of drug-likeness (QED) is 0.736. The largest absolute Gasteiger partial charge is 0.444 e. The standard InChI is InChI=1S/C11H23N3O3.C5H5N/c1-10(2,3)17-9(16)14-5-4-13-11(6-12,7-14)8-15;1-2-4-6-5-3-1/h13,15H,4-8,12H2,1-3H3;1-5H. The zero-order valence-electron chi connectivity index (χ0n) is 14.2. The van der Waals surface area contributed by atoms with Gasteiger partial charge in [0.25, 0.3) is 0 Å². The van der Waals surface area contributed by atoms with E-state index in [0.29, 0.717) is 19.6 Å². The molecule has 2 heterocycles. The highest BCUT2D eigenvalue weighted by molar-refractivity contribution is 5.68. The van der Waals surface area contributed by atoms with Crippen molar-refractivity contribution >= 4 is 6.09 Å². The van der Waals surface area contributed by atoms with Crippen molar-refractivity contribution in [2.75, 3.05) is 32.8 Å². The van der Waals surface area contributed by atoms with E-state index in [-0.39, 0.29) is 19.2 Å². The first-order valence-corrected chi connectivity index (χ1v) is 7.71. The molecule has 1 fully saturated rings. The fraction of sp³-hybridized carbons (Fsp3) is 0.625. The van der Waals surface area contributed by atoms with Crippen LogP contribution in [0, 0.1) is 0 Å². The Bertz CT molecular complexity index is 431. The molecule has 0 aliphatic carbocycles. The smallest absolute Gasteiger partial charge is 0.410 e. The van der Waals surface area contributed by atoms with Crippen molar-refractivity contribution in [3.8, 4) is 0 Å². The van der Waals surface area contributed by atoms with Crippen molar-refractivity contribution in [3.63, 3.8) is 0 Å². The van der Waals surface area contributed by atoms with Crippen LogP contribution in [0.5, 0.6) is 0 Å². The van der Waals surface area contributed by atoms with Crippen molar-refractivity contribution in [1.29, 1.82) is 0 Å². The lowest BCUT2D eigenvalue weighted by Crippen LogP contribution is -2.67. The Kier molecular flexibility index (Phi) is 7.41. The predicted octanol–water partition coefficient (Wildman–Crippen LogP) is 0.598. The number of aliphatic hydroxyl groups excluding tert-OH is 1. The average molecular weight is 324 g/mol. The Morgan fingerprint density at radius 2 is 2.04 bits per heavy atom. The van der Waals surface area contributed by atoms with E-state index < -0.39 is 11.1 Å². The van der Waals surface area contributed by atoms with Gasteiger partial charge in [-0.15, -0.1) is 0 Å². The van der Waals surface area contributed by atoms with Crippen LogP contribution in [0.1, 0.15) is 20.8 Å². The first-order valence-electron chi connectivity index (χ1n) is 7.71. The van der Waals surface area contributed by atoms with Gasteiger partial charge in [-0.05, 0) is 32.9 Å². The number of nitrogens with zero attached hydrogens (tertiary/aromatic N) is 2. The summed E-state index contributed by atoms with van der Waals surface area (Å²) < 4.78 is 5.30. The summed E-state index contributed by atoms with van der Waals surface area (Å²) in [6.07, 6.45) is 3.14. The Hall–Kier alpha value is -1.70. The molecule has 0 spiro atoms. The molecule has 1 atom stereocenters. The lowest BCUT2D eigenvalue weighted by atomic mass is 9.98. The average Bonchev–Trinajstić information content (AvgIpc) is 2.55. The van der Waals surface area contributed by atoms with Gasteiger partial charge in [-0.3, -0.25) is 4.98 Å². The lowest BCUT2D eigenvalue weighted by molar-refractivity contribution is 0.00693. The van der Waals surface area contributed by atoms with Gasteiger partial charge in [-0.25, -0.2) is 4.79 Å². The van der Waals surface area contributed by atoms with Crippen molar-refractivity contribution in [2.24, 2.45) is 5.73 Å². The second-order valence-corrected chi connectivity index (χ2v) is 6.50. The number of rotatable bonds is 2. The van der Waals surface area contributed by atoms with Gasteiger partial charge in [-0.1, -0.05) is 6.07 Å². The highest BCUT2D eigenvalue weighted by Gasteiger charge is 2.36. The number of ether oxygens (including phenoxy) is 1. The van der Waals surface area contributed by atoms with Crippen LogP contribution in [0.25, 0.3) is 0 Å². The maximum atomic E-state index is 11.9. The third-order valence-corrected chi connectivity index (χ3v) is 3.29. The summed E-state index contributed by atoms with van der Waals surface area (Å²) in [5, 5.41) is 12.5. The molecule has 1 aliphatic heterocycles. The van der Waals surface area contributed by atoms with Gasteiger partial charge in [0.1, 0.15) is 5.60 Å². The fourth-order valence-corrected chi connectivity index (χ4v) is 2.06. The second kappa shape index (κ2) is 8.81. The van der Waals surface area contributed by atoms with Crippen LogP contribution in [0.2, 0.25) is 0 Å². The molecule has 0 aromatic carbocycles. The number of piperazine rings is 1. The zero-order valence-corrected chi connectivity index (χ0v) is 14.2. The SMILES string of the molecule is CC(C)(C)OC(=O)N1CCNC(CN)(CO)C1.c1ccncc1. The van der Waals surface area contributed by atoms with Crippen LogP contribution in [0.15, 0.2) is 30.6 Å². The minimum Gasteiger partial charge on any atom is -0.444 e. The molecule has 0 bridgehead atoms. The van der Waals surface area contributed by atoms with Gasteiger partial charge in [0.05, 0.1) is 12.1 Å². The Morgan fingerprint density at radius 3 is 2.43 bits per heavy atom. The molecule has 0 radical (unpaired) electrons. The number of carbonyl (C=O) groups excluding carboxylic acids is 1. The van der Waals surface area contributed by atoms with E-state index in [1.807, 2.05) is 39.0 Å². The van der Waals surface area contributed by atoms with E-state index in [1.54, 1.807) is 17.3 Å². The third kappa shape index (κ3) is 6.94. The monoisotopic (exact) mass is 324 g/mol.